The van der Waals surface area contributed by atoms with E-state index in [4.69, 9.17) is 10.5 Å². The summed E-state index contributed by atoms with van der Waals surface area (Å²) in [4.78, 5) is 15.1. The van der Waals surface area contributed by atoms with Crippen molar-refractivity contribution in [3.8, 4) is 5.75 Å². The van der Waals surface area contributed by atoms with Crippen molar-refractivity contribution in [1.82, 2.24) is 20.3 Å². The van der Waals surface area contributed by atoms with Crippen molar-refractivity contribution in [3.05, 3.63) is 23.8 Å². The zero-order valence-corrected chi connectivity index (χ0v) is 20.0. The van der Waals surface area contributed by atoms with Gasteiger partial charge < -0.3 is 26.0 Å². The molecule has 0 bridgehead atoms. The molecule has 0 amide bonds. The lowest BCUT2D eigenvalue weighted by atomic mass is 9.89. The minimum atomic E-state index is -0.783. The lowest BCUT2D eigenvalue weighted by Gasteiger charge is -2.35. The van der Waals surface area contributed by atoms with Crippen molar-refractivity contribution < 1.29 is 13.5 Å². The third kappa shape index (κ3) is 5.48. The van der Waals surface area contributed by atoms with Gasteiger partial charge in [0.15, 0.2) is 17.4 Å². The summed E-state index contributed by atoms with van der Waals surface area (Å²) in [5, 5.41) is 6.82. The Morgan fingerprint density at radius 1 is 1.12 bits per heavy atom. The van der Waals surface area contributed by atoms with Gasteiger partial charge in [0.1, 0.15) is 0 Å². The molecule has 2 aliphatic rings. The van der Waals surface area contributed by atoms with Crippen LogP contribution >= 0.6 is 0 Å². The molecule has 1 aliphatic carbocycles. The Kier molecular flexibility index (Phi) is 7.97. The summed E-state index contributed by atoms with van der Waals surface area (Å²) in [6.45, 7) is 3.70. The monoisotopic (exact) mass is 475 g/mol. The van der Waals surface area contributed by atoms with Crippen molar-refractivity contribution in [1.29, 1.82) is 0 Å². The lowest BCUT2D eigenvalue weighted by molar-refractivity contribution is 0.359. The Morgan fingerprint density at radius 2 is 1.85 bits per heavy atom. The zero-order chi connectivity index (χ0) is 24.1. The van der Waals surface area contributed by atoms with Crippen LogP contribution in [0.1, 0.15) is 58.3 Å². The van der Waals surface area contributed by atoms with Gasteiger partial charge >= 0.3 is 0 Å². The number of methoxy groups -OCH3 is 1. The second kappa shape index (κ2) is 11.1. The molecule has 4 rings (SSSR count). The van der Waals surface area contributed by atoms with E-state index < -0.39 is 17.4 Å². The molecule has 1 saturated heterocycles. The van der Waals surface area contributed by atoms with Gasteiger partial charge in [-0.15, -0.1) is 0 Å². The Hall–Kier alpha value is -2.75. The molecule has 34 heavy (non-hydrogen) atoms. The van der Waals surface area contributed by atoms with Crippen LogP contribution in [-0.2, 0) is 0 Å². The van der Waals surface area contributed by atoms with Gasteiger partial charge in [-0.05, 0) is 44.6 Å². The van der Waals surface area contributed by atoms with Gasteiger partial charge in [0, 0.05) is 24.7 Å². The molecule has 0 spiro atoms. The van der Waals surface area contributed by atoms with Gasteiger partial charge in [-0.25, -0.2) is 8.78 Å². The fraction of sp³-hybridized carbons (Fsp3) is 0.625. The number of anilines is 4. The fourth-order valence-corrected chi connectivity index (χ4v) is 5.22. The number of rotatable bonds is 9. The lowest BCUT2D eigenvalue weighted by Crippen LogP contribution is -2.46. The Balaban J connectivity index is 1.70. The molecule has 2 unspecified atom stereocenters. The highest BCUT2D eigenvalue weighted by Crippen LogP contribution is 2.35. The normalized spacial score (nSPS) is 19.7. The van der Waals surface area contributed by atoms with Crippen LogP contribution in [0.5, 0.6) is 5.75 Å². The van der Waals surface area contributed by atoms with Gasteiger partial charge in [-0.3, -0.25) is 0 Å². The maximum absolute atomic E-state index is 14.7. The van der Waals surface area contributed by atoms with Crippen LogP contribution in [0.15, 0.2) is 12.1 Å². The number of benzene rings is 1. The van der Waals surface area contributed by atoms with E-state index in [2.05, 4.69) is 25.6 Å². The first-order valence-electron chi connectivity index (χ1n) is 12.3. The molecule has 1 saturated carbocycles. The third-order valence-electron chi connectivity index (χ3n) is 6.91. The van der Waals surface area contributed by atoms with E-state index in [0.717, 1.165) is 25.9 Å². The second-order valence-corrected chi connectivity index (χ2v) is 9.19. The van der Waals surface area contributed by atoms with E-state index in [-0.39, 0.29) is 24.0 Å². The smallest absolute Gasteiger partial charge is 0.236 e. The number of nitrogen functional groups attached to an aromatic ring is 1. The van der Waals surface area contributed by atoms with Gasteiger partial charge in [0.05, 0.1) is 18.8 Å². The number of nitrogens with zero attached hydrogens (tertiary/aromatic N) is 4. The first kappa shape index (κ1) is 24.4. The number of aromatic nitrogens is 3. The molecule has 10 heteroatoms. The Morgan fingerprint density at radius 3 is 2.47 bits per heavy atom. The number of hydrogen-bond donors (Lipinski definition) is 3. The molecule has 4 N–H and O–H groups in total. The summed E-state index contributed by atoms with van der Waals surface area (Å²) in [5.74, 6) is -0.707. The summed E-state index contributed by atoms with van der Waals surface area (Å²) in [6.07, 6.45) is 8.83. The molecule has 186 valence electrons. The average Bonchev–Trinajstić information content (AvgIpc) is 3.36. The topological polar surface area (TPSA) is 101 Å². The van der Waals surface area contributed by atoms with Crippen LogP contribution < -0.4 is 26.0 Å². The summed E-state index contributed by atoms with van der Waals surface area (Å²) >= 11 is 0. The van der Waals surface area contributed by atoms with Gasteiger partial charge in [0.25, 0.3) is 0 Å². The molecule has 1 aromatic heterocycles. The van der Waals surface area contributed by atoms with E-state index >= 15 is 0 Å². The van der Waals surface area contributed by atoms with Crippen LogP contribution in [0.25, 0.3) is 0 Å². The van der Waals surface area contributed by atoms with E-state index in [1.165, 1.54) is 51.3 Å². The Labute approximate surface area is 199 Å². The number of halogens is 2. The number of nitrogens with one attached hydrogen (secondary N) is 2. The third-order valence-corrected chi connectivity index (χ3v) is 6.91. The minimum absolute atomic E-state index is 0.0600. The van der Waals surface area contributed by atoms with E-state index in [1.54, 1.807) is 4.90 Å². The van der Waals surface area contributed by atoms with Crippen LogP contribution in [0.4, 0.5) is 32.3 Å². The predicted octanol–water partition coefficient (Wildman–Crippen LogP) is 4.40. The van der Waals surface area contributed by atoms with Crippen molar-refractivity contribution in [2.24, 2.45) is 5.92 Å². The standard InChI is InChI=1S/C24H35F2N7O/c1-3-20(19-10-7-11-28-19)33(16-12-17(25)21(34-2)18(26)13-16)24-31-22(27)30-23(32-24)29-14-15-8-5-4-6-9-15/h12-13,15,19-20,28H,3-11,14H2,1-2H3,(H3,27,29,30,31,32). The molecule has 2 aromatic rings. The number of ether oxygens (including phenoxy) is 1. The van der Waals surface area contributed by atoms with E-state index in [0.29, 0.717) is 24.0 Å². The molecular formula is C24H35F2N7O. The maximum Gasteiger partial charge on any atom is 0.236 e. The zero-order valence-electron chi connectivity index (χ0n) is 20.0. The van der Waals surface area contributed by atoms with Gasteiger partial charge in [0.2, 0.25) is 17.8 Å². The molecule has 0 radical (unpaired) electrons. The highest BCUT2D eigenvalue weighted by molar-refractivity contribution is 5.62. The molecule has 2 atom stereocenters. The van der Waals surface area contributed by atoms with Crippen LogP contribution in [0.3, 0.4) is 0 Å². The first-order valence-corrected chi connectivity index (χ1v) is 12.3. The van der Waals surface area contributed by atoms with Crippen LogP contribution in [-0.4, -0.2) is 47.2 Å². The maximum atomic E-state index is 14.7. The minimum Gasteiger partial charge on any atom is -0.491 e. The average molecular weight is 476 g/mol. The second-order valence-electron chi connectivity index (χ2n) is 9.19. The molecular weight excluding hydrogens is 440 g/mol. The number of nitrogens with two attached hydrogens (primary N) is 1. The van der Waals surface area contributed by atoms with Crippen LogP contribution in [0, 0.1) is 17.6 Å². The Bertz CT molecular complexity index is 941. The summed E-state index contributed by atoms with van der Waals surface area (Å²) in [7, 11) is 1.24. The molecule has 1 aromatic carbocycles. The molecule has 2 heterocycles. The predicted molar refractivity (Wildman–Crippen MR) is 129 cm³/mol. The fourth-order valence-electron chi connectivity index (χ4n) is 5.22. The molecule has 2 fully saturated rings. The SMILES string of the molecule is CCC(C1CCCN1)N(c1cc(F)c(OC)c(F)c1)c1nc(N)nc(NCC2CCCCC2)n1. The summed E-state index contributed by atoms with van der Waals surface area (Å²) in [5.41, 5.74) is 6.38. The van der Waals surface area contributed by atoms with Crippen molar-refractivity contribution in [2.45, 2.75) is 70.4 Å². The van der Waals surface area contributed by atoms with E-state index in [9.17, 15) is 8.78 Å². The van der Waals surface area contributed by atoms with Crippen LogP contribution in [0.2, 0.25) is 0 Å². The van der Waals surface area contributed by atoms with Crippen molar-refractivity contribution >= 4 is 23.5 Å². The van der Waals surface area contributed by atoms with Crippen molar-refractivity contribution in [3.63, 3.8) is 0 Å². The highest BCUT2D eigenvalue weighted by atomic mass is 19.1. The largest absolute Gasteiger partial charge is 0.491 e. The quantitative estimate of drug-likeness (QED) is 0.491. The summed E-state index contributed by atoms with van der Waals surface area (Å²) in [6, 6.07) is 2.50. The molecule has 1 aliphatic heterocycles. The van der Waals surface area contributed by atoms with Gasteiger partial charge in [-0.2, -0.15) is 15.0 Å². The molecule has 8 nitrogen and oxygen atoms in total. The number of hydrogen-bond acceptors (Lipinski definition) is 8. The van der Waals surface area contributed by atoms with Gasteiger partial charge in [-0.1, -0.05) is 26.2 Å². The summed E-state index contributed by atoms with van der Waals surface area (Å²) < 4.78 is 34.3. The highest BCUT2D eigenvalue weighted by Gasteiger charge is 2.33. The van der Waals surface area contributed by atoms with E-state index in [1.807, 2.05) is 6.92 Å². The van der Waals surface area contributed by atoms with Crippen molar-refractivity contribution in [2.75, 3.05) is 36.1 Å². The first-order chi connectivity index (χ1) is 16.5.